The lowest BCUT2D eigenvalue weighted by molar-refractivity contribution is -0.254. The molecular formula is C22H34N4O7S. The van der Waals surface area contributed by atoms with Crippen molar-refractivity contribution in [1.82, 2.24) is 4.90 Å². The number of hydrogen-bond acceptors (Lipinski definition) is 9. The highest BCUT2D eigenvalue weighted by atomic mass is 32.2. The van der Waals surface area contributed by atoms with E-state index in [1.54, 1.807) is 20.8 Å². The van der Waals surface area contributed by atoms with Gasteiger partial charge in [-0.05, 0) is 24.4 Å². The Morgan fingerprint density at radius 3 is 2.53 bits per heavy atom. The Morgan fingerprint density at radius 1 is 1.24 bits per heavy atom. The summed E-state index contributed by atoms with van der Waals surface area (Å²) in [5.41, 5.74) is 6.45. The fourth-order valence-electron chi connectivity index (χ4n) is 3.80. The first kappa shape index (κ1) is 28.0. The second-order valence-electron chi connectivity index (χ2n) is 8.45. The van der Waals surface area contributed by atoms with Crippen molar-refractivity contribution in [1.29, 1.82) is 0 Å². The van der Waals surface area contributed by atoms with Crippen molar-refractivity contribution in [3.05, 3.63) is 46.3 Å². The Hall–Kier alpha value is -2.21. The molecule has 1 fully saturated rings. The summed E-state index contributed by atoms with van der Waals surface area (Å²) in [6, 6.07) is 9.39. The molecule has 12 heteroatoms. The van der Waals surface area contributed by atoms with Gasteiger partial charge < -0.3 is 14.2 Å². The summed E-state index contributed by atoms with van der Waals surface area (Å²) >= 11 is 0. The van der Waals surface area contributed by atoms with Crippen LogP contribution >= 0.6 is 0 Å². The molecule has 1 atom stereocenters. The SMILES string of the molecule is CCOC(=O)[C@@](OCc1ccccc1)(N1CCOCC1)C(C)(C)COS(=O)(=O)CCCN=[N+]=[N-]. The molecule has 0 unspecified atom stereocenters. The molecule has 1 aromatic carbocycles. The van der Waals surface area contributed by atoms with E-state index in [-0.39, 0.29) is 38.5 Å². The molecule has 0 aliphatic carbocycles. The highest BCUT2D eigenvalue weighted by Crippen LogP contribution is 2.41. The number of benzene rings is 1. The van der Waals surface area contributed by atoms with Crippen LogP contribution in [-0.2, 0) is 39.9 Å². The van der Waals surface area contributed by atoms with Gasteiger partial charge in [-0.15, -0.1) is 0 Å². The third-order valence-electron chi connectivity index (χ3n) is 5.53. The molecule has 1 aliphatic rings. The van der Waals surface area contributed by atoms with Gasteiger partial charge in [0.1, 0.15) is 0 Å². The average Bonchev–Trinajstić information content (AvgIpc) is 2.83. The van der Waals surface area contributed by atoms with E-state index >= 15 is 0 Å². The lowest BCUT2D eigenvalue weighted by atomic mass is 9.79. The highest BCUT2D eigenvalue weighted by molar-refractivity contribution is 7.86. The van der Waals surface area contributed by atoms with Crippen LogP contribution in [0.15, 0.2) is 35.4 Å². The van der Waals surface area contributed by atoms with Gasteiger partial charge >= 0.3 is 5.97 Å². The van der Waals surface area contributed by atoms with Crippen molar-refractivity contribution in [2.24, 2.45) is 10.5 Å². The molecule has 1 aliphatic heterocycles. The van der Waals surface area contributed by atoms with Gasteiger partial charge in [-0.2, -0.15) is 8.42 Å². The molecule has 0 aromatic heterocycles. The number of carbonyl (C=O) groups excluding carboxylic acids is 1. The van der Waals surface area contributed by atoms with Crippen molar-refractivity contribution < 1.29 is 31.6 Å². The van der Waals surface area contributed by atoms with E-state index in [0.29, 0.717) is 26.3 Å². The quantitative estimate of drug-likeness (QED) is 0.0952. The minimum Gasteiger partial charge on any atom is -0.463 e. The van der Waals surface area contributed by atoms with Crippen LogP contribution in [0, 0.1) is 5.41 Å². The molecule has 1 heterocycles. The van der Waals surface area contributed by atoms with Crippen molar-refractivity contribution in [2.45, 2.75) is 39.5 Å². The predicted octanol–water partition coefficient (Wildman–Crippen LogP) is 2.87. The first-order chi connectivity index (χ1) is 16.2. The fourth-order valence-corrected chi connectivity index (χ4v) is 4.87. The summed E-state index contributed by atoms with van der Waals surface area (Å²) in [7, 11) is -3.93. The van der Waals surface area contributed by atoms with Crippen LogP contribution in [0.4, 0.5) is 0 Å². The third kappa shape index (κ3) is 7.39. The maximum atomic E-state index is 13.5. The molecule has 11 nitrogen and oxygen atoms in total. The summed E-state index contributed by atoms with van der Waals surface area (Å²) in [5, 5.41) is 3.34. The van der Waals surface area contributed by atoms with Gasteiger partial charge in [0.2, 0.25) is 5.72 Å². The van der Waals surface area contributed by atoms with Gasteiger partial charge in [-0.3, -0.25) is 9.08 Å². The average molecular weight is 499 g/mol. The van der Waals surface area contributed by atoms with Crippen molar-refractivity contribution >= 4 is 16.1 Å². The highest BCUT2D eigenvalue weighted by Gasteiger charge is 2.58. The van der Waals surface area contributed by atoms with Crippen LogP contribution in [0.25, 0.3) is 10.4 Å². The molecule has 1 saturated heterocycles. The molecule has 0 N–H and O–H groups in total. The van der Waals surface area contributed by atoms with Gasteiger partial charge in [0.25, 0.3) is 10.1 Å². The predicted molar refractivity (Wildman–Crippen MR) is 125 cm³/mol. The number of ether oxygens (including phenoxy) is 3. The van der Waals surface area contributed by atoms with Crippen LogP contribution in [-0.4, -0.2) is 76.8 Å². The molecule has 1 aromatic rings. The van der Waals surface area contributed by atoms with E-state index < -0.39 is 27.2 Å². The number of carbonyl (C=O) groups is 1. The van der Waals surface area contributed by atoms with E-state index in [0.717, 1.165) is 5.56 Å². The second kappa shape index (κ2) is 13.0. The molecule has 34 heavy (non-hydrogen) atoms. The molecule has 0 spiro atoms. The standard InChI is InChI=1S/C22H34N4O7S/c1-4-31-20(27)22(26-12-14-30-15-13-26,32-17-19-9-6-5-7-10-19)21(2,3)18-33-34(28,29)16-8-11-24-25-23/h5-7,9-10H,4,8,11-18H2,1-3H3/t22-/m0/s1. The lowest BCUT2D eigenvalue weighted by Crippen LogP contribution is -2.68. The van der Waals surface area contributed by atoms with Crippen LogP contribution in [0.1, 0.15) is 32.8 Å². The van der Waals surface area contributed by atoms with Crippen molar-refractivity contribution in [2.75, 3.05) is 51.8 Å². The summed E-state index contributed by atoms with van der Waals surface area (Å²) in [6.45, 7) is 6.70. The molecule has 0 amide bonds. The number of rotatable bonds is 14. The van der Waals surface area contributed by atoms with Gasteiger partial charge in [0, 0.05) is 30.0 Å². The van der Waals surface area contributed by atoms with E-state index in [9.17, 15) is 13.2 Å². The molecule has 2 rings (SSSR count). The fraction of sp³-hybridized carbons (Fsp3) is 0.682. The van der Waals surface area contributed by atoms with Crippen LogP contribution in [0.3, 0.4) is 0 Å². The molecule has 0 bridgehead atoms. The van der Waals surface area contributed by atoms with Gasteiger partial charge in [0.05, 0.1) is 38.8 Å². The lowest BCUT2D eigenvalue weighted by Gasteiger charge is -2.51. The number of esters is 1. The Bertz CT molecular complexity index is 930. The number of hydrogen-bond donors (Lipinski definition) is 0. The number of nitrogens with zero attached hydrogens (tertiary/aromatic N) is 4. The van der Waals surface area contributed by atoms with Gasteiger partial charge in [-0.25, -0.2) is 4.79 Å². The van der Waals surface area contributed by atoms with E-state index in [1.807, 2.05) is 35.2 Å². The first-order valence-electron chi connectivity index (χ1n) is 11.2. The Kier molecular flexibility index (Phi) is 10.7. The second-order valence-corrected chi connectivity index (χ2v) is 10.2. The first-order valence-corrected chi connectivity index (χ1v) is 12.8. The van der Waals surface area contributed by atoms with Crippen LogP contribution in [0.5, 0.6) is 0 Å². The minimum atomic E-state index is -3.93. The van der Waals surface area contributed by atoms with Crippen LogP contribution in [0.2, 0.25) is 0 Å². The Morgan fingerprint density at radius 2 is 1.91 bits per heavy atom. The maximum absolute atomic E-state index is 13.5. The largest absolute Gasteiger partial charge is 0.463 e. The molecular weight excluding hydrogens is 464 g/mol. The van der Waals surface area contributed by atoms with E-state index in [4.69, 9.17) is 23.9 Å². The van der Waals surface area contributed by atoms with Crippen molar-refractivity contribution in [3.8, 4) is 0 Å². The monoisotopic (exact) mass is 498 g/mol. The number of morpholine rings is 1. The zero-order valence-corrected chi connectivity index (χ0v) is 20.8. The van der Waals surface area contributed by atoms with Gasteiger partial charge in [-0.1, -0.05) is 49.3 Å². The minimum absolute atomic E-state index is 0.0449. The Balaban J connectivity index is 2.35. The molecule has 0 radical (unpaired) electrons. The molecule has 190 valence electrons. The van der Waals surface area contributed by atoms with E-state index in [1.165, 1.54) is 0 Å². The topological polar surface area (TPSA) is 140 Å². The smallest absolute Gasteiger partial charge is 0.354 e. The number of azide groups is 1. The zero-order chi connectivity index (χ0) is 25.1. The summed E-state index contributed by atoms with van der Waals surface area (Å²) in [6.07, 6.45) is 0.129. The van der Waals surface area contributed by atoms with Gasteiger partial charge in [0.15, 0.2) is 0 Å². The third-order valence-corrected chi connectivity index (χ3v) is 6.80. The summed E-state index contributed by atoms with van der Waals surface area (Å²) in [5.74, 6) is -0.918. The summed E-state index contributed by atoms with van der Waals surface area (Å²) < 4.78 is 47.6. The zero-order valence-electron chi connectivity index (χ0n) is 20.0. The maximum Gasteiger partial charge on any atom is 0.354 e. The molecule has 0 saturated carbocycles. The van der Waals surface area contributed by atoms with E-state index in [2.05, 4.69) is 10.0 Å². The van der Waals surface area contributed by atoms with Crippen molar-refractivity contribution in [3.63, 3.8) is 0 Å². The normalized spacial score (nSPS) is 16.9. The Labute approximate surface area is 201 Å². The van der Waals surface area contributed by atoms with Crippen LogP contribution < -0.4 is 0 Å². The summed E-state index contributed by atoms with van der Waals surface area (Å²) in [4.78, 5) is 18.0.